The lowest BCUT2D eigenvalue weighted by molar-refractivity contribution is -0.114. The Kier molecular flexibility index (Phi) is 4.69. The average Bonchev–Trinajstić information content (AvgIpc) is 2.35. The summed E-state index contributed by atoms with van der Waals surface area (Å²) in [7, 11) is 1.47. The van der Waals surface area contributed by atoms with Crippen molar-refractivity contribution in [3.63, 3.8) is 0 Å². The largest absolute Gasteiger partial charge is 0.495 e. The number of nitrogens with one attached hydrogen (secondary N) is 2. The molecule has 2 N–H and O–H groups in total. The molecule has 94 valence electrons. The van der Waals surface area contributed by atoms with Gasteiger partial charge in [0.05, 0.1) is 18.9 Å². The minimum Gasteiger partial charge on any atom is -0.495 e. The molecule has 0 aliphatic carbocycles. The van der Waals surface area contributed by atoms with Crippen LogP contribution < -0.4 is 15.4 Å². The molecule has 0 aliphatic heterocycles. The van der Waals surface area contributed by atoms with Crippen molar-refractivity contribution in [3.05, 3.63) is 23.8 Å². The average molecular weight is 247 g/mol. The maximum absolute atomic E-state index is 11.6. The lowest BCUT2D eigenvalue weighted by Crippen LogP contribution is -2.23. The number of hydrogen-bond acceptors (Lipinski definition) is 4. The number of nitrogens with zero attached hydrogens (tertiary/aromatic N) is 1. The number of amides is 2. The number of hydrogen-bond donors (Lipinski definition) is 2. The Morgan fingerprint density at radius 1 is 1.44 bits per heavy atom. The molecule has 0 radical (unpaired) electrons. The quantitative estimate of drug-likeness (QED) is 0.773. The van der Waals surface area contributed by atoms with E-state index in [-0.39, 0.29) is 18.4 Å². The molecule has 0 heterocycles. The van der Waals surface area contributed by atoms with Gasteiger partial charge in [-0.25, -0.2) is 0 Å². The highest BCUT2D eigenvalue weighted by molar-refractivity contribution is 5.97. The number of carbonyl (C=O) groups is 2. The zero-order valence-corrected chi connectivity index (χ0v) is 10.1. The van der Waals surface area contributed by atoms with Gasteiger partial charge in [0, 0.05) is 12.5 Å². The number of methoxy groups -OCH3 is 1. The van der Waals surface area contributed by atoms with E-state index in [4.69, 9.17) is 10.00 Å². The fourth-order valence-electron chi connectivity index (χ4n) is 1.36. The Balaban J connectivity index is 2.99. The van der Waals surface area contributed by atoms with Gasteiger partial charge < -0.3 is 15.4 Å². The van der Waals surface area contributed by atoms with Crippen LogP contribution in [0.4, 0.5) is 5.69 Å². The molecule has 0 aromatic heterocycles. The summed E-state index contributed by atoms with van der Waals surface area (Å²) in [6.07, 6.45) is 0. The fourth-order valence-corrected chi connectivity index (χ4v) is 1.36. The summed E-state index contributed by atoms with van der Waals surface area (Å²) in [4.78, 5) is 22.6. The second kappa shape index (κ2) is 6.25. The second-order valence-electron chi connectivity index (χ2n) is 3.44. The molecule has 18 heavy (non-hydrogen) atoms. The molecule has 1 aromatic rings. The number of carbonyl (C=O) groups excluding carboxylic acids is 2. The molecule has 0 aliphatic rings. The van der Waals surface area contributed by atoms with Crippen LogP contribution in [0.25, 0.3) is 0 Å². The molecule has 0 bridgehead atoms. The number of anilines is 1. The van der Waals surface area contributed by atoms with Crippen LogP contribution in [0.1, 0.15) is 17.3 Å². The standard InChI is InChI=1S/C12H13N3O3/c1-8(16)15-10-7-9(3-4-11(10)18-2)12(17)14-6-5-13/h3-4,7H,6H2,1-2H3,(H,14,17)(H,15,16). The Morgan fingerprint density at radius 2 is 2.17 bits per heavy atom. The Labute approximate surface area is 105 Å². The third kappa shape index (κ3) is 3.49. The van der Waals surface area contributed by atoms with E-state index < -0.39 is 0 Å². The van der Waals surface area contributed by atoms with Crippen molar-refractivity contribution in [2.75, 3.05) is 19.0 Å². The lowest BCUT2D eigenvalue weighted by Gasteiger charge is -2.10. The van der Waals surface area contributed by atoms with Crippen LogP contribution in [0.2, 0.25) is 0 Å². The lowest BCUT2D eigenvalue weighted by atomic mass is 10.1. The third-order valence-corrected chi connectivity index (χ3v) is 2.10. The van der Waals surface area contributed by atoms with Gasteiger partial charge in [-0.2, -0.15) is 5.26 Å². The molecule has 0 fully saturated rings. The summed E-state index contributed by atoms with van der Waals surface area (Å²) in [5.41, 5.74) is 0.754. The van der Waals surface area contributed by atoms with Crippen LogP contribution in [0.5, 0.6) is 5.75 Å². The minimum absolute atomic E-state index is 0.0691. The first-order valence-corrected chi connectivity index (χ1v) is 5.19. The fraction of sp³-hybridized carbons (Fsp3) is 0.250. The van der Waals surface area contributed by atoms with E-state index in [1.807, 2.05) is 6.07 Å². The van der Waals surface area contributed by atoms with E-state index in [1.54, 1.807) is 12.1 Å². The van der Waals surface area contributed by atoms with Gasteiger partial charge in [-0.1, -0.05) is 0 Å². The maximum atomic E-state index is 11.6. The van der Waals surface area contributed by atoms with Crippen molar-refractivity contribution in [3.8, 4) is 11.8 Å². The second-order valence-corrected chi connectivity index (χ2v) is 3.44. The summed E-state index contributed by atoms with van der Waals surface area (Å²) >= 11 is 0. The van der Waals surface area contributed by atoms with E-state index in [0.29, 0.717) is 17.0 Å². The van der Waals surface area contributed by atoms with Crippen LogP contribution in [0.15, 0.2) is 18.2 Å². The summed E-state index contributed by atoms with van der Waals surface area (Å²) < 4.78 is 5.06. The topological polar surface area (TPSA) is 91.2 Å². The van der Waals surface area contributed by atoms with Crippen LogP contribution in [-0.2, 0) is 4.79 Å². The number of benzene rings is 1. The van der Waals surface area contributed by atoms with E-state index in [2.05, 4.69) is 10.6 Å². The molecular weight excluding hydrogens is 234 g/mol. The van der Waals surface area contributed by atoms with Gasteiger partial charge in [-0.15, -0.1) is 0 Å². The SMILES string of the molecule is COc1ccc(C(=O)NCC#N)cc1NC(C)=O. The molecule has 0 unspecified atom stereocenters. The van der Waals surface area contributed by atoms with Crippen LogP contribution in [-0.4, -0.2) is 25.5 Å². The van der Waals surface area contributed by atoms with Crippen molar-refractivity contribution in [1.29, 1.82) is 5.26 Å². The van der Waals surface area contributed by atoms with Crippen LogP contribution >= 0.6 is 0 Å². The summed E-state index contributed by atoms with van der Waals surface area (Å²) in [5.74, 6) is -0.185. The molecule has 2 amide bonds. The van der Waals surface area contributed by atoms with Crippen molar-refractivity contribution < 1.29 is 14.3 Å². The highest BCUT2D eigenvalue weighted by Gasteiger charge is 2.10. The molecular formula is C12H13N3O3. The first-order valence-electron chi connectivity index (χ1n) is 5.19. The van der Waals surface area contributed by atoms with E-state index in [9.17, 15) is 9.59 Å². The zero-order chi connectivity index (χ0) is 13.5. The third-order valence-electron chi connectivity index (χ3n) is 2.10. The first kappa shape index (κ1) is 13.5. The molecule has 0 atom stereocenters. The molecule has 0 spiro atoms. The normalized spacial score (nSPS) is 9.17. The predicted molar refractivity (Wildman–Crippen MR) is 65.2 cm³/mol. The van der Waals surface area contributed by atoms with Crippen molar-refractivity contribution >= 4 is 17.5 Å². The zero-order valence-electron chi connectivity index (χ0n) is 10.1. The van der Waals surface area contributed by atoms with Crippen LogP contribution in [0, 0.1) is 11.3 Å². The first-order chi connectivity index (χ1) is 8.58. The number of rotatable bonds is 4. The summed E-state index contributed by atoms with van der Waals surface area (Å²) in [6, 6.07) is 6.43. The molecule has 1 aromatic carbocycles. The molecule has 6 nitrogen and oxygen atoms in total. The number of nitriles is 1. The van der Waals surface area contributed by atoms with Gasteiger partial charge in [0.2, 0.25) is 5.91 Å². The highest BCUT2D eigenvalue weighted by atomic mass is 16.5. The van der Waals surface area contributed by atoms with Gasteiger partial charge in [0.1, 0.15) is 12.3 Å². The summed E-state index contributed by atoms with van der Waals surface area (Å²) in [6.45, 7) is 1.29. The van der Waals surface area contributed by atoms with E-state index in [1.165, 1.54) is 20.1 Å². The molecule has 6 heteroatoms. The summed E-state index contributed by atoms with van der Waals surface area (Å²) in [5, 5.41) is 13.4. The smallest absolute Gasteiger partial charge is 0.252 e. The highest BCUT2D eigenvalue weighted by Crippen LogP contribution is 2.25. The predicted octanol–water partition coefficient (Wildman–Crippen LogP) is 0.907. The Morgan fingerprint density at radius 3 is 2.72 bits per heavy atom. The van der Waals surface area contributed by atoms with Crippen molar-refractivity contribution in [1.82, 2.24) is 5.32 Å². The van der Waals surface area contributed by atoms with Gasteiger partial charge in [0.15, 0.2) is 0 Å². The molecule has 1 rings (SSSR count). The van der Waals surface area contributed by atoms with Gasteiger partial charge in [-0.05, 0) is 18.2 Å². The van der Waals surface area contributed by atoms with Crippen molar-refractivity contribution in [2.45, 2.75) is 6.92 Å². The van der Waals surface area contributed by atoms with E-state index in [0.717, 1.165) is 0 Å². The monoisotopic (exact) mass is 247 g/mol. The van der Waals surface area contributed by atoms with E-state index >= 15 is 0 Å². The van der Waals surface area contributed by atoms with Gasteiger partial charge in [-0.3, -0.25) is 9.59 Å². The Bertz CT molecular complexity index is 506. The number of ether oxygens (including phenoxy) is 1. The van der Waals surface area contributed by atoms with Crippen LogP contribution in [0.3, 0.4) is 0 Å². The van der Waals surface area contributed by atoms with Gasteiger partial charge >= 0.3 is 0 Å². The molecule has 0 saturated carbocycles. The van der Waals surface area contributed by atoms with Crippen molar-refractivity contribution in [2.24, 2.45) is 0 Å². The molecule has 0 saturated heterocycles. The van der Waals surface area contributed by atoms with Gasteiger partial charge in [0.25, 0.3) is 5.91 Å². The minimum atomic E-state index is -0.384. The maximum Gasteiger partial charge on any atom is 0.252 e. The Hall–Kier alpha value is -2.55.